The number of benzene rings is 2. The molecule has 0 aliphatic carbocycles. The maximum Gasteiger partial charge on any atom is 0.251 e. The van der Waals surface area contributed by atoms with Crippen LogP contribution in [0.5, 0.6) is 0 Å². The van der Waals surface area contributed by atoms with Gasteiger partial charge in [0.25, 0.3) is 5.91 Å². The Kier molecular flexibility index (Phi) is 5.74. The lowest BCUT2D eigenvalue weighted by Gasteiger charge is -2.13. The van der Waals surface area contributed by atoms with Crippen LogP contribution in [0.1, 0.15) is 49.7 Å². The fraction of sp³-hybridized carbons (Fsp3) is 0.300. The molecule has 0 spiro atoms. The summed E-state index contributed by atoms with van der Waals surface area (Å²) < 4.78 is 0. The molecule has 0 bridgehead atoms. The van der Waals surface area contributed by atoms with Crippen LogP contribution >= 0.6 is 0 Å². The van der Waals surface area contributed by atoms with Crippen molar-refractivity contribution in [2.24, 2.45) is 0 Å². The summed E-state index contributed by atoms with van der Waals surface area (Å²) in [5, 5.41) is 5.75. The highest BCUT2D eigenvalue weighted by atomic mass is 16.2. The Hall–Kier alpha value is -2.62. The molecule has 2 aromatic carbocycles. The summed E-state index contributed by atoms with van der Waals surface area (Å²) in [6, 6.07) is 15.7. The fourth-order valence-electron chi connectivity index (χ4n) is 2.51. The Labute approximate surface area is 143 Å². The minimum atomic E-state index is -0.0592. The first-order valence-electron chi connectivity index (χ1n) is 8.15. The molecule has 2 amide bonds. The highest BCUT2D eigenvalue weighted by molar-refractivity contribution is 5.94. The molecule has 2 N–H and O–H groups in total. The molecule has 0 aliphatic rings. The average molecular weight is 324 g/mol. The van der Waals surface area contributed by atoms with Gasteiger partial charge < -0.3 is 10.6 Å². The van der Waals surface area contributed by atoms with E-state index in [-0.39, 0.29) is 23.9 Å². The number of carbonyl (C=O) groups is 2. The van der Waals surface area contributed by atoms with Gasteiger partial charge in [-0.3, -0.25) is 9.59 Å². The summed E-state index contributed by atoms with van der Waals surface area (Å²) in [6.45, 7) is 7.35. The third-order valence-corrected chi connectivity index (χ3v) is 3.73. The van der Waals surface area contributed by atoms with Gasteiger partial charge in [0.1, 0.15) is 0 Å². The third-order valence-electron chi connectivity index (χ3n) is 3.73. The highest BCUT2D eigenvalue weighted by Crippen LogP contribution is 2.22. The van der Waals surface area contributed by atoms with Crippen LogP contribution in [0.4, 0.5) is 0 Å². The Morgan fingerprint density at radius 3 is 1.75 bits per heavy atom. The van der Waals surface area contributed by atoms with Crippen LogP contribution in [0.3, 0.4) is 0 Å². The van der Waals surface area contributed by atoms with Gasteiger partial charge >= 0.3 is 0 Å². The molecular formula is C20H24N2O2. The molecule has 2 aromatic rings. The van der Waals surface area contributed by atoms with Gasteiger partial charge in [-0.05, 0) is 49.6 Å². The molecule has 0 saturated heterocycles. The number of rotatable bonds is 5. The Morgan fingerprint density at radius 1 is 0.792 bits per heavy atom. The lowest BCUT2D eigenvalue weighted by molar-refractivity contribution is -0.119. The maximum atomic E-state index is 12.0. The molecular weight excluding hydrogens is 300 g/mol. The Morgan fingerprint density at radius 2 is 1.29 bits per heavy atom. The maximum absolute atomic E-state index is 12.0. The summed E-state index contributed by atoms with van der Waals surface area (Å²) >= 11 is 0. The molecule has 0 aliphatic heterocycles. The first-order valence-corrected chi connectivity index (χ1v) is 8.15. The summed E-state index contributed by atoms with van der Waals surface area (Å²) in [5.41, 5.74) is 3.84. The monoisotopic (exact) mass is 324 g/mol. The summed E-state index contributed by atoms with van der Waals surface area (Å²) in [7, 11) is 0. The standard InChI is InChI=1S/C20H24N2O2/c1-13(2)21-20(24)19-11-9-18(10-12-19)17-7-5-16(6-8-17)14(3)22-15(4)23/h5-14H,1-4H3,(H,21,24)(H,22,23). The van der Waals surface area contributed by atoms with Crippen LogP contribution in [-0.4, -0.2) is 17.9 Å². The van der Waals surface area contributed by atoms with Crippen LogP contribution in [0.25, 0.3) is 11.1 Å². The van der Waals surface area contributed by atoms with Crippen molar-refractivity contribution in [1.29, 1.82) is 0 Å². The zero-order valence-electron chi connectivity index (χ0n) is 14.6. The van der Waals surface area contributed by atoms with E-state index in [1.165, 1.54) is 6.92 Å². The molecule has 0 aromatic heterocycles. The van der Waals surface area contributed by atoms with Crippen molar-refractivity contribution < 1.29 is 9.59 Å². The molecule has 0 saturated carbocycles. The second-order valence-corrected chi connectivity index (χ2v) is 6.25. The van der Waals surface area contributed by atoms with Crippen LogP contribution in [-0.2, 0) is 4.79 Å². The predicted molar refractivity (Wildman–Crippen MR) is 96.7 cm³/mol. The highest BCUT2D eigenvalue weighted by Gasteiger charge is 2.09. The van der Waals surface area contributed by atoms with E-state index in [1.54, 1.807) is 0 Å². The van der Waals surface area contributed by atoms with E-state index < -0.39 is 0 Å². The van der Waals surface area contributed by atoms with Gasteiger partial charge in [0.05, 0.1) is 6.04 Å². The molecule has 126 valence electrons. The number of hydrogen-bond donors (Lipinski definition) is 2. The molecule has 4 heteroatoms. The first kappa shape index (κ1) is 17.7. The van der Waals surface area contributed by atoms with Crippen LogP contribution in [0, 0.1) is 0 Å². The fourth-order valence-corrected chi connectivity index (χ4v) is 2.51. The van der Waals surface area contributed by atoms with E-state index in [1.807, 2.05) is 69.3 Å². The van der Waals surface area contributed by atoms with E-state index in [0.717, 1.165) is 16.7 Å². The SMILES string of the molecule is CC(=O)NC(C)c1ccc(-c2ccc(C(=O)NC(C)C)cc2)cc1. The molecule has 0 heterocycles. The van der Waals surface area contributed by atoms with Gasteiger partial charge in [0.2, 0.25) is 5.91 Å². The van der Waals surface area contributed by atoms with Gasteiger partial charge in [0.15, 0.2) is 0 Å². The lowest BCUT2D eigenvalue weighted by atomic mass is 10.00. The Balaban J connectivity index is 2.12. The van der Waals surface area contributed by atoms with Crippen molar-refractivity contribution in [2.75, 3.05) is 0 Å². The van der Waals surface area contributed by atoms with Crippen LogP contribution in [0.15, 0.2) is 48.5 Å². The van der Waals surface area contributed by atoms with Crippen molar-refractivity contribution in [1.82, 2.24) is 10.6 Å². The topological polar surface area (TPSA) is 58.2 Å². The number of hydrogen-bond acceptors (Lipinski definition) is 2. The second kappa shape index (κ2) is 7.77. The molecule has 2 rings (SSSR count). The summed E-state index contributed by atoms with van der Waals surface area (Å²) in [6.07, 6.45) is 0. The van der Waals surface area contributed by atoms with Crippen molar-refractivity contribution in [3.8, 4) is 11.1 Å². The molecule has 1 atom stereocenters. The molecule has 1 unspecified atom stereocenters. The molecule has 24 heavy (non-hydrogen) atoms. The van der Waals surface area contributed by atoms with Gasteiger partial charge in [-0.1, -0.05) is 36.4 Å². The van der Waals surface area contributed by atoms with Gasteiger partial charge in [-0.15, -0.1) is 0 Å². The molecule has 0 radical (unpaired) electrons. The van der Waals surface area contributed by atoms with Gasteiger partial charge in [0, 0.05) is 18.5 Å². The zero-order chi connectivity index (χ0) is 17.7. The van der Waals surface area contributed by atoms with Crippen LogP contribution < -0.4 is 10.6 Å². The Bertz CT molecular complexity index is 703. The van der Waals surface area contributed by atoms with E-state index in [0.29, 0.717) is 5.56 Å². The minimum absolute atomic E-state index is 0.0151. The number of amides is 2. The number of carbonyl (C=O) groups excluding carboxylic acids is 2. The quantitative estimate of drug-likeness (QED) is 0.881. The number of nitrogens with one attached hydrogen (secondary N) is 2. The van der Waals surface area contributed by atoms with E-state index in [2.05, 4.69) is 10.6 Å². The zero-order valence-corrected chi connectivity index (χ0v) is 14.6. The molecule has 0 fully saturated rings. The van der Waals surface area contributed by atoms with E-state index >= 15 is 0 Å². The normalized spacial score (nSPS) is 11.9. The minimum Gasteiger partial charge on any atom is -0.350 e. The van der Waals surface area contributed by atoms with E-state index in [4.69, 9.17) is 0 Å². The van der Waals surface area contributed by atoms with Crippen molar-refractivity contribution >= 4 is 11.8 Å². The van der Waals surface area contributed by atoms with Crippen LogP contribution in [0.2, 0.25) is 0 Å². The second-order valence-electron chi connectivity index (χ2n) is 6.25. The van der Waals surface area contributed by atoms with Gasteiger partial charge in [-0.2, -0.15) is 0 Å². The third kappa shape index (κ3) is 4.69. The summed E-state index contributed by atoms with van der Waals surface area (Å²) in [4.78, 5) is 23.1. The molecule has 4 nitrogen and oxygen atoms in total. The predicted octanol–water partition coefficient (Wildman–Crippen LogP) is 3.69. The van der Waals surface area contributed by atoms with Crippen molar-refractivity contribution in [3.63, 3.8) is 0 Å². The summed E-state index contributed by atoms with van der Waals surface area (Å²) in [5.74, 6) is -0.0992. The van der Waals surface area contributed by atoms with E-state index in [9.17, 15) is 9.59 Å². The van der Waals surface area contributed by atoms with Crippen molar-refractivity contribution in [2.45, 2.75) is 39.8 Å². The average Bonchev–Trinajstić information content (AvgIpc) is 2.54. The first-order chi connectivity index (χ1) is 11.4. The smallest absolute Gasteiger partial charge is 0.251 e. The van der Waals surface area contributed by atoms with Gasteiger partial charge in [-0.25, -0.2) is 0 Å². The lowest BCUT2D eigenvalue weighted by Crippen LogP contribution is -2.29. The van der Waals surface area contributed by atoms with Crippen molar-refractivity contribution in [3.05, 3.63) is 59.7 Å². The largest absolute Gasteiger partial charge is 0.350 e.